The van der Waals surface area contributed by atoms with Gasteiger partial charge in [0.15, 0.2) is 5.11 Å². The van der Waals surface area contributed by atoms with Crippen LogP contribution in [-0.2, 0) is 4.79 Å². The molecule has 0 bridgehead atoms. The molecule has 3 N–H and O–H groups in total. The fraction of sp³-hybridized carbons (Fsp3) is 0.172. The molecule has 0 radical (unpaired) electrons. The molecule has 0 saturated carbocycles. The Morgan fingerprint density at radius 3 is 2.56 bits per heavy atom. The minimum absolute atomic E-state index is 0.138. The number of carboxylic acids is 1. The Kier molecular flexibility index (Phi) is 7.36. The number of aromatic nitrogens is 1. The highest BCUT2D eigenvalue weighted by Crippen LogP contribution is 2.44. The average molecular weight is 561 g/mol. The van der Waals surface area contributed by atoms with Gasteiger partial charge in [-0.05, 0) is 60.7 Å². The molecule has 1 aliphatic heterocycles. The molecule has 2 aromatic carbocycles. The van der Waals surface area contributed by atoms with E-state index < -0.39 is 12.0 Å². The number of carboxylic acid groups (broad SMARTS) is 1. The smallest absolute Gasteiger partial charge is 0.336 e. The van der Waals surface area contributed by atoms with E-state index in [2.05, 4.69) is 15.6 Å². The summed E-state index contributed by atoms with van der Waals surface area (Å²) in [5, 5.41) is 16.7. The zero-order valence-electron chi connectivity index (χ0n) is 21.1. The van der Waals surface area contributed by atoms with Gasteiger partial charge >= 0.3 is 5.97 Å². The lowest BCUT2D eigenvalue weighted by Crippen LogP contribution is -2.29. The predicted molar refractivity (Wildman–Crippen MR) is 154 cm³/mol. The zero-order chi connectivity index (χ0) is 27.7. The minimum Gasteiger partial charge on any atom is -0.478 e. The van der Waals surface area contributed by atoms with Gasteiger partial charge in [0, 0.05) is 23.4 Å². The van der Waals surface area contributed by atoms with Gasteiger partial charge in [0.05, 0.1) is 28.0 Å². The zero-order valence-corrected chi connectivity index (χ0v) is 22.7. The maximum atomic E-state index is 12.2. The Morgan fingerprint density at radius 1 is 1.10 bits per heavy atom. The third-order valence-corrected chi connectivity index (χ3v) is 7.08. The van der Waals surface area contributed by atoms with Gasteiger partial charge in [-0.3, -0.25) is 9.78 Å². The Labute approximate surface area is 235 Å². The Morgan fingerprint density at radius 2 is 1.87 bits per heavy atom. The Bertz CT molecular complexity index is 1560. The molecule has 10 heteroatoms. The number of nitrogens with zero attached hydrogens (tertiary/aromatic N) is 2. The molecule has 2 atom stereocenters. The molecule has 2 aromatic heterocycles. The number of hydrogen-bond donors (Lipinski definition) is 3. The molecule has 1 saturated heterocycles. The van der Waals surface area contributed by atoms with Crippen LogP contribution in [0.1, 0.15) is 47.7 Å². The normalized spacial score (nSPS) is 16.8. The number of hydrogen-bond acceptors (Lipinski definition) is 5. The van der Waals surface area contributed by atoms with E-state index in [1.165, 1.54) is 6.07 Å². The molecule has 39 heavy (non-hydrogen) atoms. The van der Waals surface area contributed by atoms with Crippen LogP contribution in [0.15, 0.2) is 83.4 Å². The van der Waals surface area contributed by atoms with Crippen LogP contribution in [0, 0.1) is 5.92 Å². The number of halogens is 1. The molecule has 1 aliphatic rings. The van der Waals surface area contributed by atoms with Crippen molar-refractivity contribution < 1.29 is 19.1 Å². The highest BCUT2D eigenvalue weighted by molar-refractivity contribution is 7.80. The first kappa shape index (κ1) is 26.4. The van der Waals surface area contributed by atoms with Crippen molar-refractivity contribution in [1.29, 1.82) is 0 Å². The van der Waals surface area contributed by atoms with Gasteiger partial charge in [0.25, 0.3) is 0 Å². The van der Waals surface area contributed by atoms with Gasteiger partial charge in [-0.25, -0.2) is 4.79 Å². The third-order valence-electron chi connectivity index (χ3n) is 6.45. The molecule has 4 aromatic rings. The molecular formula is C29H25ClN4O4S. The van der Waals surface area contributed by atoms with Crippen LogP contribution in [0.4, 0.5) is 11.4 Å². The van der Waals surface area contributed by atoms with Gasteiger partial charge in [0.2, 0.25) is 5.91 Å². The number of rotatable bonds is 7. The molecule has 0 aliphatic carbocycles. The molecule has 8 nitrogen and oxygen atoms in total. The summed E-state index contributed by atoms with van der Waals surface area (Å²) in [6, 6.07) is 20.4. The number of furan rings is 1. The number of pyridine rings is 1. The molecule has 3 heterocycles. The number of amides is 1. The van der Waals surface area contributed by atoms with Crippen LogP contribution >= 0.6 is 23.8 Å². The third kappa shape index (κ3) is 5.23. The lowest BCUT2D eigenvalue weighted by Gasteiger charge is -2.26. The van der Waals surface area contributed by atoms with Crippen molar-refractivity contribution in [3.8, 4) is 11.3 Å². The summed E-state index contributed by atoms with van der Waals surface area (Å²) in [6.07, 6.45) is 1.71. The van der Waals surface area contributed by atoms with Crippen LogP contribution in [0.2, 0.25) is 5.02 Å². The van der Waals surface area contributed by atoms with Gasteiger partial charge in [-0.15, -0.1) is 0 Å². The van der Waals surface area contributed by atoms with Crippen molar-refractivity contribution in [3.05, 3.63) is 101 Å². The van der Waals surface area contributed by atoms with Crippen molar-refractivity contribution in [3.63, 3.8) is 0 Å². The second-order valence-electron chi connectivity index (χ2n) is 9.36. The molecule has 0 unspecified atom stereocenters. The van der Waals surface area contributed by atoms with E-state index in [9.17, 15) is 14.7 Å². The largest absolute Gasteiger partial charge is 0.478 e. The number of carbonyl (C=O) groups is 2. The quantitative estimate of drug-likeness (QED) is 0.221. The van der Waals surface area contributed by atoms with Gasteiger partial charge < -0.3 is 25.1 Å². The summed E-state index contributed by atoms with van der Waals surface area (Å²) in [5.74, 6) is -0.397. The number of benzene rings is 2. The summed E-state index contributed by atoms with van der Waals surface area (Å²) in [7, 11) is 0. The first-order valence-electron chi connectivity index (χ1n) is 12.3. The standard InChI is InChI=1S/C29H25ClN4O4S/c1-16(2)27(35)32-21-11-10-17(15-20(21)30)34-26(25(33-29(34)39)22-9-5-6-14-31-22)24-13-12-23(38-24)18-7-3-4-8-19(18)28(36)37/h3-16,25-26H,1-2H3,(H,32,35)(H,33,39)(H,36,37)/t25-,26-/m1/s1. The van der Waals surface area contributed by atoms with E-state index >= 15 is 0 Å². The van der Waals surface area contributed by atoms with Gasteiger partial charge in [-0.2, -0.15) is 0 Å². The minimum atomic E-state index is -1.04. The highest BCUT2D eigenvalue weighted by atomic mass is 35.5. The van der Waals surface area contributed by atoms with Crippen LogP contribution in [0.3, 0.4) is 0 Å². The number of nitrogens with one attached hydrogen (secondary N) is 2. The van der Waals surface area contributed by atoms with E-state index in [0.717, 1.165) is 5.69 Å². The summed E-state index contributed by atoms with van der Waals surface area (Å²) in [6.45, 7) is 3.61. The molecule has 198 valence electrons. The SMILES string of the molecule is CC(C)C(=O)Nc1ccc(N2C(=S)N[C@H](c3ccccn3)[C@H]2c2ccc(-c3ccccc3C(=O)O)o2)cc1Cl. The van der Waals surface area contributed by atoms with E-state index in [-0.39, 0.29) is 23.4 Å². The summed E-state index contributed by atoms with van der Waals surface area (Å²) < 4.78 is 6.31. The maximum Gasteiger partial charge on any atom is 0.336 e. The van der Waals surface area contributed by atoms with Crippen molar-refractivity contribution in [1.82, 2.24) is 10.3 Å². The predicted octanol–water partition coefficient (Wildman–Crippen LogP) is 6.46. The van der Waals surface area contributed by atoms with E-state index in [1.807, 2.05) is 35.2 Å². The molecule has 5 rings (SSSR count). The van der Waals surface area contributed by atoms with E-state index in [0.29, 0.717) is 38.6 Å². The molecular weight excluding hydrogens is 536 g/mol. The average Bonchev–Trinajstić information content (AvgIpc) is 3.54. The molecule has 1 fully saturated rings. The summed E-state index contributed by atoms with van der Waals surface area (Å²) >= 11 is 12.4. The van der Waals surface area contributed by atoms with Crippen molar-refractivity contribution in [2.24, 2.45) is 5.92 Å². The number of thiocarbonyl (C=S) groups is 1. The summed E-state index contributed by atoms with van der Waals surface area (Å²) in [4.78, 5) is 30.5. The first-order valence-corrected chi connectivity index (χ1v) is 13.1. The maximum absolute atomic E-state index is 12.2. The van der Waals surface area contributed by atoms with Crippen molar-refractivity contribution >= 4 is 52.2 Å². The number of aromatic carboxylic acids is 1. The lowest BCUT2D eigenvalue weighted by atomic mass is 10.0. The van der Waals surface area contributed by atoms with Crippen LogP contribution in [-0.4, -0.2) is 27.1 Å². The Balaban J connectivity index is 1.57. The monoisotopic (exact) mass is 560 g/mol. The van der Waals surface area contributed by atoms with Crippen molar-refractivity contribution in [2.75, 3.05) is 10.2 Å². The van der Waals surface area contributed by atoms with E-state index in [1.54, 1.807) is 56.4 Å². The fourth-order valence-corrected chi connectivity index (χ4v) is 5.06. The highest BCUT2D eigenvalue weighted by Gasteiger charge is 2.43. The number of carbonyl (C=O) groups excluding carboxylic acids is 1. The fourth-order valence-electron chi connectivity index (χ4n) is 4.50. The first-order chi connectivity index (χ1) is 18.7. The lowest BCUT2D eigenvalue weighted by molar-refractivity contribution is -0.118. The van der Waals surface area contributed by atoms with Gasteiger partial charge in [0.1, 0.15) is 17.6 Å². The summed E-state index contributed by atoms with van der Waals surface area (Å²) in [5.41, 5.74) is 2.55. The molecule has 1 amide bonds. The van der Waals surface area contributed by atoms with Crippen LogP contribution < -0.4 is 15.5 Å². The van der Waals surface area contributed by atoms with Crippen LogP contribution in [0.5, 0.6) is 0 Å². The number of anilines is 2. The molecule has 0 spiro atoms. The second kappa shape index (κ2) is 10.9. The van der Waals surface area contributed by atoms with E-state index in [4.69, 9.17) is 28.2 Å². The van der Waals surface area contributed by atoms with Gasteiger partial charge in [-0.1, -0.05) is 49.7 Å². The van der Waals surface area contributed by atoms with Crippen molar-refractivity contribution in [2.45, 2.75) is 25.9 Å². The topological polar surface area (TPSA) is 108 Å². The van der Waals surface area contributed by atoms with Crippen LogP contribution in [0.25, 0.3) is 11.3 Å². The second-order valence-corrected chi connectivity index (χ2v) is 10.2. The Hall–Kier alpha value is -4.21.